The van der Waals surface area contributed by atoms with Crippen molar-refractivity contribution in [3.63, 3.8) is 0 Å². The summed E-state index contributed by atoms with van der Waals surface area (Å²) in [7, 11) is 0. The van der Waals surface area contributed by atoms with E-state index in [4.69, 9.17) is 5.11 Å². The first-order chi connectivity index (χ1) is 13.3. The minimum Gasteiger partial charge on any atom is -0.481 e. The van der Waals surface area contributed by atoms with Crippen LogP contribution in [0.3, 0.4) is 0 Å². The van der Waals surface area contributed by atoms with Gasteiger partial charge >= 0.3 is 5.97 Å². The van der Waals surface area contributed by atoms with Crippen LogP contribution in [0.5, 0.6) is 0 Å². The topological polar surface area (TPSA) is 84.2 Å². The molecule has 0 spiro atoms. The van der Waals surface area contributed by atoms with Crippen molar-refractivity contribution >= 4 is 11.9 Å². The molecular formula is C22H29N3O3. The summed E-state index contributed by atoms with van der Waals surface area (Å²) >= 11 is 0. The Morgan fingerprint density at radius 1 is 1.25 bits per heavy atom. The standard InChI is InChI=1S/C22H29N3O3/c1-14(4-5-17-6-7-17)23-22(28)18-8-10-19(11-9-18)25-16(3)20(15(2)24-25)12-13-21(26)27/h8-11,14,17H,4-7,12-13H2,1-3H3,(H,23,28)(H,26,27). The smallest absolute Gasteiger partial charge is 0.303 e. The van der Waals surface area contributed by atoms with E-state index in [1.54, 1.807) is 0 Å². The molecule has 1 heterocycles. The molecule has 3 rings (SSSR count). The molecule has 6 heteroatoms. The number of aliphatic carboxylic acids is 1. The van der Waals surface area contributed by atoms with Crippen LogP contribution in [-0.2, 0) is 11.2 Å². The number of nitrogens with zero attached hydrogens (tertiary/aromatic N) is 2. The molecule has 2 aromatic rings. The highest BCUT2D eigenvalue weighted by Crippen LogP contribution is 2.33. The van der Waals surface area contributed by atoms with Crippen LogP contribution >= 0.6 is 0 Å². The fourth-order valence-corrected chi connectivity index (χ4v) is 3.55. The SMILES string of the molecule is Cc1nn(-c2ccc(C(=O)NC(C)CCC3CC3)cc2)c(C)c1CCC(=O)O. The molecule has 2 N–H and O–H groups in total. The van der Waals surface area contributed by atoms with Gasteiger partial charge in [0.2, 0.25) is 0 Å². The molecule has 1 unspecified atom stereocenters. The molecule has 1 fully saturated rings. The fourth-order valence-electron chi connectivity index (χ4n) is 3.55. The van der Waals surface area contributed by atoms with Crippen molar-refractivity contribution < 1.29 is 14.7 Å². The van der Waals surface area contributed by atoms with E-state index >= 15 is 0 Å². The van der Waals surface area contributed by atoms with Gasteiger partial charge in [0.25, 0.3) is 5.91 Å². The first-order valence-electron chi connectivity index (χ1n) is 10.0. The highest BCUT2D eigenvalue weighted by Gasteiger charge is 2.22. The Morgan fingerprint density at radius 2 is 1.93 bits per heavy atom. The summed E-state index contributed by atoms with van der Waals surface area (Å²) in [5.41, 5.74) is 4.23. The molecule has 1 aliphatic carbocycles. The molecule has 1 aromatic carbocycles. The van der Waals surface area contributed by atoms with E-state index in [0.717, 1.165) is 35.0 Å². The second-order valence-electron chi connectivity index (χ2n) is 7.90. The summed E-state index contributed by atoms with van der Waals surface area (Å²) in [6.07, 6.45) is 5.46. The molecule has 150 valence electrons. The van der Waals surface area contributed by atoms with Gasteiger partial charge in [0.1, 0.15) is 0 Å². The number of aromatic nitrogens is 2. The van der Waals surface area contributed by atoms with Crippen molar-refractivity contribution in [1.29, 1.82) is 0 Å². The predicted molar refractivity (Wildman–Crippen MR) is 108 cm³/mol. The molecule has 28 heavy (non-hydrogen) atoms. The number of aryl methyl sites for hydroxylation is 1. The third-order valence-corrected chi connectivity index (χ3v) is 5.49. The minimum atomic E-state index is -0.812. The number of benzene rings is 1. The molecule has 1 amide bonds. The largest absolute Gasteiger partial charge is 0.481 e. The van der Waals surface area contributed by atoms with E-state index in [1.165, 1.54) is 19.3 Å². The third-order valence-electron chi connectivity index (χ3n) is 5.49. The lowest BCUT2D eigenvalue weighted by Crippen LogP contribution is -2.32. The highest BCUT2D eigenvalue weighted by molar-refractivity contribution is 5.94. The highest BCUT2D eigenvalue weighted by atomic mass is 16.4. The van der Waals surface area contributed by atoms with Crippen LogP contribution in [0.1, 0.15) is 66.3 Å². The summed E-state index contributed by atoms with van der Waals surface area (Å²) in [6, 6.07) is 7.56. The molecule has 0 bridgehead atoms. The van der Waals surface area contributed by atoms with Crippen molar-refractivity contribution in [2.75, 3.05) is 0 Å². The van der Waals surface area contributed by atoms with Crippen LogP contribution in [0.4, 0.5) is 0 Å². The number of carboxylic acid groups (broad SMARTS) is 1. The molecule has 0 aliphatic heterocycles. The van der Waals surface area contributed by atoms with Crippen LogP contribution in [0, 0.1) is 19.8 Å². The van der Waals surface area contributed by atoms with Crippen LogP contribution in [0.25, 0.3) is 5.69 Å². The van der Waals surface area contributed by atoms with Gasteiger partial charge in [-0.2, -0.15) is 5.10 Å². The van der Waals surface area contributed by atoms with Gasteiger partial charge in [-0.3, -0.25) is 9.59 Å². The van der Waals surface area contributed by atoms with Crippen LogP contribution in [-0.4, -0.2) is 32.8 Å². The maximum Gasteiger partial charge on any atom is 0.303 e. The average Bonchev–Trinajstić information content (AvgIpc) is 3.44. The van der Waals surface area contributed by atoms with Crippen molar-refractivity contribution in [2.24, 2.45) is 5.92 Å². The monoisotopic (exact) mass is 383 g/mol. The van der Waals surface area contributed by atoms with Crippen LogP contribution in [0.15, 0.2) is 24.3 Å². The van der Waals surface area contributed by atoms with E-state index in [-0.39, 0.29) is 18.4 Å². The molecule has 1 atom stereocenters. The number of hydrogen-bond acceptors (Lipinski definition) is 3. The van der Waals surface area contributed by atoms with Gasteiger partial charge in [0.05, 0.1) is 11.4 Å². The Bertz CT molecular complexity index is 851. The van der Waals surface area contributed by atoms with Gasteiger partial charge < -0.3 is 10.4 Å². The normalized spacial score (nSPS) is 14.7. The fraction of sp³-hybridized carbons (Fsp3) is 0.500. The van der Waals surface area contributed by atoms with Crippen molar-refractivity contribution in [2.45, 2.75) is 65.3 Å². The van der Waals surface area contributed by atoms with Gasteiger partial charge in [0.15, 0.2) is 0 Å². The van der Waals surface area contributed by atoms with Crippen molar-refractivity contribution in [3.8, 4) is 5.69 Å². The quantitative estimate of drug-likeness (QED) is 0.689. The van der Waals surface area contributed by atoms with Gasteiger partial charge in [-0.05, 0) is 75.8 Å². The van der Waals surface area contributed by atoms with Gasteiger partial charge in [-0.1, -0.05) is 12.8 Å². The lowest BCUT2D eigenvalue weighted by atomic mass is 10.1. The molecule has 1 saturated carbocycles. The Morgan fingerprint density at radius 3 is 2.54 bits per heavy atom. The van der Waals surface area contributed by atoms with Crippen LogP contribution < -0.4 is 5.32 Å². The van der Waals surface area contributed by atoms with Crippen molar-refractivity contribution in [3.05, 3.63) is 46.8 Å². The first kappa shape index (κ1) is 20.1. The summed E-state index contributed by atoms with van der Waals surface area (Å²) in [5.74, 6) is 0.0124. The van der Waals surface area contributed by atoms with E-state index < -0.39 is 5.97 Å². The summed E-state index contributed by atoms with van der Waals surface area (Å²) < 4.78 is 1.81. The van der Waals surface area contributed by atoms with E-state index in [9.17, 15) is 9.59 Å². The summed E-state index contributed by atoms with van der Waals surface area (Å²) in [6.45, 7) is 5.90. The number of amides is 1. The molecule has 0 radical (unpaired) electrons. The number of carboxylic acids is 1. The minimum absolute atomic E-state index is 0.0506. The molecule has 1 aliphatic rings. The Labute approximate surface area is 166 Å². The zero-order valence-corrected chi connectivity index (χ0v) is 16.9. The van der Waals surface area contributed by atoms with Gasteiger partial charge in [-0.15, -0.1) is 0 Å². The number of nitrogens with one attached hydrogen (secondary N) is 1. The Balaban J connectivity index is 1.65. The Kier molecular flexibility index (Phi) is 6.17. The zero-order valence-electron chi connectivity index (χ0n) is 16.9. The van der Waals surface area contributed by atoms with Crippen LogP contribution in [0.2, 0.25) is 0 Å². The number of hydrogen-bond donors (Lipinski definition) is 2. The number of carbonyl (C=O) groups is 2. The lowest BCUT2D eigenvalue weighted by Gasteiger charge is -2.14. The third kappa shape index (κ3) is 5.00. The number of carbonyl (C=O) groups excluding carboxylic acids is 1. The second kappa shape index (κ2) is 8.59. The molecular weight excluding hydrogens is 354 g/mol. The summed E-state index contributed by atoms with van der Waals surface area (Å²) in [4.78, 5) is 23.3. The van der Waals surface area contributed by atoms with Gasteiger partial charge in [0, 0.05) is 23.7 Å². The van der Waals surface area contributed by atoms with Crippen molar-refractivity contribution in [1.82, 2.24) is 15.1 Å². The molecule has 6 nitrogen and oxygen atoms in total. The second-order valence-corrected chi connectivity index (χ2v) is 7.90. The van der Waals surface area contributed by atoms with Gasteiger partial charge in [-0.25, -0.2) is 4.68 Å². The first-order valence-corrected chi connectivity index (χ1v) is 10.0. The van der Waals surface area contributed by atoms with E-state index in [1.807, 2.05) is 42.8 Å². The Hall–Kier alpha value is -2.63. The number of rotatable bonds is 9. The lowest BCUT2D eigenvalue weighted by molar-refractivity contribution is -0.136. The van der Waals surface area contributed by atoms with E-state index in [0.29, 0.717) is 12.0 Å². The molecule has 0 saturated heterocycles. The summed E-state index contributed by atoms with van der Waals surface area (Å²) in [5, 5.41) is 16.5. The van der Waals surface area contributed by atoms with E-state index in [2.05, 4.69) is 17.3 Å². The zero-order chi connectivity index (χ0) is 20.3. The predicted octanol–water partition coefficient (Wildman–Crippen LogP) is 3.81. The molecule has 1 aromatic heterocycles. The average molecular weight is 383 g/mol. The maximum atomic E-state index is 12.4. The maximum absolute atomic E-state index is 12.4.